The fraction of sp³-hybridized carbons (Fsp3) is 0.700. The van der Waals surface area contributed by atoms with Crippen molar-refractivity contribution in [3.05, 3.63) is 23.5 Å². The van der Waals surface area contributed by atoms with Crippen molar-refractivity contribution in [2.24, 2.45) is 11.8 Å². The van der Waals surface area contributed by atoms with Gasteiger partial charge in [-0.05, 0) is 56.8 Å². The number of anilines is 1. The molecule has 0 bridgehead atoms. The number of aryl methyl sites for hydroxylation is 1. The third-order valence-electron chi connectivity index (χ3n) is 6.25. The Morgan fingerprint density at radius 3 is 2.46 bits per heavy atom. The van der Waals surface area contributed by atoms with Gasteiger partial charge in [-0.2, -0.15) is 9.61 Å². The van der Waals surface area contributed by atoms with Crippen molar-refractivity contribution < 1.29 is 0 Å². The molecule has 0 spiro atoms. The first-order valence-corrected chi connectivity index (χ1v) is 9.97. The first kappa shape index (κ1) is 14.7. The second-order valence-electron chi connectivity index (χ2n) is 8.15. The molecule has 0 aliphatic heterocycles. The Bertz CT molecular complexity index is 723. The Labute approximate surface area is 144 Å². The lowest BCUT2D eigenvalue weighted by Gasteiger charge is -2.19. The van der Waals surface area contributed by atoms with Gasteiger partial charge in [0.2, 0.25) is 0 Å². The fourth-order valence-corrected chi connectivity index (χ4v) is 4.61. The van der Waals surface area contributed by atoms with Crippen LogP contribution in [0.25, 0.3) is 5.65 Å². The predicted molar refractivity (Wildman–Crippen MR) is 96.4 cm³/mol. The number of rotatable bonds is 6. The highest BCUT2D eigenvalue weighted by molar-refractivity contribution is 5.55. The molecular weight excluding hydrogens is 296 g/mol. The van der Waals surface area contributed by atoms with E-state index in [9.17, 15) is 0 Å². The van der Waals surface area contributed by atoms with E-state index in [0.29, 0.717) is 12.0 Å². The molecule has 1 N–H and O–H groups in total. The summed E-state index contributed by atoms with van der Waals surface area (Å²) in [7, 11) is 0. The summed E-state index contributed by atoms with van der Waals surface area (Å²) in [6.45, 7) is 2.20. The molecule has 3 aliphatic rings. The van der Waals surface area contributed by atoms with Crippen LogP contribution in [-0.4, -0.2) is 20.6 Å². The van der Waals surface area contributed by atoms with Crippen LogP contribution in [0, 0.1) is 11.8 Å². The molecule has 4 heteroatoms. The van der Waals surface area contributed by atoms with Crippen molar-refractivity contribution in [1.82, 2.24) is 14.6 Å². The van der Waals surface area contributed by atoms with E-state index in [-0.39, 0.29) is 0 Å². The van der Waals surface area contributed by atoms with Gasteiger partial charge < -0.3 is 5.32 Å². The van der Waals surface area contributed by atoms with Gasteiger partial charge in [-0.15, -0.1) is 0 Å². The number of hydrogen-bond donors (Lipinski definition) is 1. The second kappa shape index (κ2) is 5.75. The molecule has 3 fully saturated rings. The van der Waals surface area contributed by atoms with Crippen molar-refractivity contribution >= 4 is 11.5 Å². The zero-order chi connectivity index (χ0) is 16.1. The summed E-state index contributed by atoms with van der Waals surface area (Å²) in [6, 6.07) is 2.94. The van der Waals surface area contributed by atoms with Gasteiger partial charge in [-0.3, -0.25) is 0 Å². The van der Waals surface area contributed by atoms with Crippen LogP contribution in [-0.2, 0) is 6.42 Å². The van der Waals surface area contributed by atoms with E-state index < -0.39 is 0 Å². The second-order valence-corrected chi connectivity index (χ2v) is 8.15. The Hall–Kier alpha value is -1.58. The molecule has 2 aromatic rings. The van der Waals surface area contributed by atoms with E-state index in [1.165, 1.54) is 68.4 Å². The Balaban J connectivity index is 1.58. The van der Waals surface area contributed by atoms with Crippen LogP contribution in [0.5, 0.6) is 0 Å². The molecule has 0 radical (unpaired) electrons. The van der Waals surface area contributed by atoms with E-state index in [1.54, 1.807) is 0 Å². The van der Waals surface area contributed by atoms with Gasteiger partial charge in [0.15, 0.2) is 5.65 Å². The third kappa shape index (κ3) is 2.60. The van der Waals surface area contributed by atoms with E-state index in [2.05, 4.69) is 27.9 Å². The van der Waals surface area contributed by atoms with Gasteiger partial charge in [0, 0.05) is 23.6 Å². The summed E-state index contributed by atoms with van der Waals surface area (Å²) in [6.07, 6.45) is 13.9. The maximum atomic E-state index is 5.12. The normalized spacial score (nSPS) is 21.9. The largest absolute Gasteiger partial charge is 0.367 e. The summed E-state index contributed by atoms with van der Waals surface area (Å²) in [5.74, 6) is 3.64. The van der Waals surface area contributed by atoms with Crippen LogP contribution in [0.4, 0.5) is 5.82 Å². The quantitative estimate of drug-likeness (QED) is 0.847. The predicted octanol–water partition coefficient (Wildman–Crippen LogP) is 4.55. The highest BCUT2D eigenvalue weighted by Crippen LogP contribution is 2.54. The van der Waals surface area contributed by atoms with Crippen molar-refractivity contribution in [2.75, 3.05) is 5.32 Å². The SMILES string of the molecule is CCc1cnn2c(NC3CCCC3)cc(C(C3CC3)C3CC3)nc12. The van der Waals surface area contributed by atoms with Crippen LogP contribution in [0.15, 0.2) is 12.3 Å². The Morgan fingerprint density at radius 1 is 1.12 bits per heavy atom. The standard InChI is InChI=1S/C20H28N4/c1-2-13-12-21-24-18(22-16-5-3-4-6-16)11-17(23-20(13)24)19(14-7-8-14)15-9-10-15/h11-12,14-16,19,22H,2-10H2,1H3. The highest BCUT2D eigenvalue weighted by Gasteiger charge is 2.43. The minimum Gasteiger partial charge on any atom is -0.367 e. The molecule has 4 nitrogen and oxygen atoms in total. The number of nitrogens with one attached hydrogen (secondary N) is 1. The zero-order valence-corrected chi connectivity index (χ0v) is 14.7. The Morgan fingerprint density at radius 2 is 1.83 bits per heavy atom. The van der Waals surface area contributed by atoms with Gasteiger partial charge in [-0.25, -0.2) is 4.98 Å². The summed E-state index contributed by atoms with van der Waals surface area (Å²) in [5.41, 5.74) is 3.70. The molecule has 128 valence electrons. The highest BCUT2D eigenvalue weighted by atomic mass is 15.3. The van der Waals surface area contributed by atoms with Crippen LogP contribution in [0.2, 0.25) is 0 Å². The molecule has 0 unspecified atom stereocenters. The zero-order valence-electron chi connectivity index (χ0n) is 14.7. The fourth-order valence-electron chi connectivity index (χ4n) is 4.61. The van der Waals surface area contributed by atoms with Gasteiger partial charge >= 0.3 is 0 Å². The minimum absolute atomic E-state index is 0.609. The van der Waals surface area contributed by atoms with Crippen molar-refractivity contribution in [1.29, 1.82) is 0 Å². The number of hydrogen-bond acceptors (Lipinski definition) is 3. The lowest BCUT2D eigenvalue weighted by molar-refractivity contribution is 0.524. The lowest BCUT2D eigenvalue weighted by Crippen LogP contribution is -2.19. The first-order valence-electron chi connectivity index (χ1n) is 9.97. The summed E-state index contributed by atoms with van der Waals surface area (Å²) < 4.78 is 2.05. The molecule has 2 aromatic heterocycles. The van der Waals surface area contributed by atoms with E-state index >= 15 is 0 Å². The van der Waals surface area contributed by atoms with E-state index in [1.807, 2.05) is 6.20 Å². The van der Waals surface area contributed by atoms with Crippen LogP contribution < -0.4 is 5.32 Å². The van der Waals surface area contributed by atoms with Crippen LogP contribution in [0.3, 0.4) is 0 Å². The number of nitrogens with zero attached hydrogens (tertiary/aromatic N) is 3. The lowest BCUT2D eigenvalue weighted by atomic mass is 9.93. The molecule has 0 amide bonds. The van der Waals surface area contributed by atoms with Crippen molar-refractivity contribution in [3.8, 4) is 0 Å². The van der Waals surface area contributed by atoms with Crippen molar-refractivity contribution in [2.45, 2.75) is 76.7 Å². The molecule has 0 saturated heterocycles. The van der Waals surface area contributed by atoms with Crippen molar-refractivity contribution in [3.63, 3.8) is 0 Å². The molecule has 0 atom stereocenters. The van der Waals surface area contributed by atoms with Gasteiger partial charge in [0.1, 0.15) is 5.82 Å². The molecule has 3 aliphatic carbocycles. The molecular formula is C20H28N4. The average Bonchev–Trinajstić information content (AvgIpc) is 3.51. The van der Waals surface area contributed by atoms with Gasteiger partial charge in [0.05, 0.1) is 11.9 Å². The number of aromatic nitrogens is 3. The van der Waals surface area contributed by atoms with E-state index in [0.717, 1.165) is 23.9 Å². The maximum Gasteiger partial charge on any atom is 0.160 e. The molecule has 24 heavy (non-hydrogen) atoms. The van der Waals surface area contributed by atoms with Crippen LogP contribution in [0.1, 0.15) is 75.5 Å². The topological polar surface area (TPSA) is 42.2 Å². The maximum absolute atomic E-state index is 5.12. The monoisotopic (exact) mass is 324 g/mol. The average molecular weight is 324 g/mol. The molecule has 3 saturated carbocycles. The van der Waals surface area contributed by atoms with Gasteiger partial charge in [-0.1, -0.05) is 19.8 Å². The molecule has 2 heterocycles. The van der Waals surface area contributed by atoms with E-state index in [4.69, 9.17) is 4.98 Å². The number of fused-ring (bicyclic) bond motifs is 1. The van der Waals surface area contributed by atoms with Gasteiger partial charge in [0.25, 0.3) is 0 Å². The Kier molecular flexibility index (Phi) is 3.53. The van der Waals surface area contributed by atoms with Crippen LogP contribution >= 0.6 is 0 Å². The first-order chi connectivity index (χ1) is 11.8. The summed E-state index contributed by atoms with van der Waals surface area (Å²) in [5, 5.41) is 8.44. The smallest absolute Gasteiger partial charge is 0.160 e. The molecule has 0 aromatic carbocycles. The molecule has 5 rings (SSSR count). The summed E-state index contributed by atoms with van der Waals surface area (Å²) in [4.78, 5) is 5.12. The minimum atomic E-state index is 0.609. The third-order valence-corrected chi connectivity index (χ3v) is 6.25. The summed E-state index contributed by atoms with van der Waals surface area (Å²) >= 11 is 0.